The van der Waals surface area contributed by atoms with Gasteiger partial charge in [-0.05, 0) is 62.3 Å². The molecule has 0 aliphatic carbocycles. The second kappa shape index (κ2) is 14.5. The van der Waals surface area contributed by atoms with E-state index < -0.39 is 47.5 Å². The standard InChI is InChI=1S/C34H44N6O7/c1-21(2)29-33(45)40-15-5-7-27(40)31(43)36-22(3)30(42)37-26(18-23-8-10-25(11-9-23)47-20-28(41)38-29)32(44)39-16-12-34(46,13-17-39)24-6-4-14-35-19-24/h4,6,8-11,14,19,21-22,26-27,29,46H,5,7,12-13,15-18,20H2,1-3H3,(H,36,43)(H,37,42)(H,38,41)/t22-,26-,27-,29+/m0/s1. The molecule has 2 fully saturated rings. The highest BCUT2D eigenvalue weighted by molar-refractivity contribution is 5.96. The van der Waals surface area contributed by atoms with Crippen LogP contribution in [0.3, 0.4) is 0 Å². The number of aromatic nitrogens is 1. The van der Waals surface area contributed by atoms with E-state index >= 15 is 0 Å². The summed E-state index contributed by atoms with van der Waals surface area (Å²) in [6.45, 7) is 5.77. The molecular weight excluding hydrogens is 604 g/mol. The average molecular weight is 649 g/mol. The SMILES string of the molecule is CC(C)[C@H]1NC(=O)COc2ccc(cc2)C[C@@H](C(=O)N2CCC(O)(c3cccnc3)CC2)NC(=O)[C@H](C)NC(=O)[C@@H]2CCCN2C1=O. The molecule has 4 aliphatic rings. The van der Waals surface area contributed by atoms with Crippen LogP contribution in [0.5, 0.6) is 5.75 Å². The van der Waals surface area contributed by atoms with Gasteiger partial charge in [0.1, 0.15) is 29.9 Å². The zero-order valence-electron chi connectivity index (χ0n) is 27.1. The maximum Gasteiger partial charge on any atom is 0.258 e. The number of fused-ring (bicyclic) bond motifs is 13. The van der Waals surface area contributed by atoms with Crippen LogP contribution in [0.15, 0.2) is 48.8 Å². The second-order valence-corrected chi connectivity index (χ2v) is 13.0. The van der Waals surface area contributed by atoms with Gasteiger partial charge in [-0.2, -0.15) is 0 Å². The van der Waals surface area contributed by atoms with Gasteiger partial charge < -0.3 is 35.6 Å². The van der Waals surface area contributed by atoms with Crippen LogP contribution in [-0.2, 0) is 36.0 Å². The first-order chi connectivity index (χ1) is 22.4. The molecule has 1 aromatic heterocycles. The number of nitrogens with zero attached hydrogens (tertiary/aromatic N) is 3. The topological polar surface area (TPSA) is 170 Å². The smallest absolute Gasteiger partial charge is 0.258 e. The molecule has 2 bridgehead atoms. The van der Waals surface area contributed by atoms with Gasteiger partial charge in [-0.25, -0.2) is 0 Å². The Morgan fingerprint density at radius 2 is 1.72 bits per heavy atom. The summed E-state index contributed by atoms with van der Waals surface area (Å²) in [6.07, 6.45) is 5.07. The largest absolute Gasteiger partial charge is 0.484 e. The molecule has 5 heterocycles. The van der Waals surface area contributed by atoms with Gasteiger partial charge in [0.2, 0.25) is 23.6 Å². The van der Waals surface area contributed by atoms with Gasteiger partial charge in [-0.15, -0.1) is 0 Å². The van der Waals surface area contributed by atoms with E-state index in [1.54, 1.807) is 47.6 Å². The number of hydrogen-bond donors (Lipinski definition) is 4. The van der Waals surface area contributed by atoms with E-state index in [0.717, 1.165) is 5.56 Å². The first-order valence-electron chi connectivity index (χ1n) is 16.3. The summed E-state index contributed by atoms with van der Waals surface area (Å²) in [5, 5.41) is 19.6. The van der Waals surface area contributed by atoms with Crippen LogP contribution in [0.25, 0.3) is 0 Å². The minimum atomic E-state index is -1.11. The fourth-order valence-corrected chi connectivity index (χ4v) is 6.43. The summed E-state index contributed by atoms with van der Waals surface area (Å²) < 4.78 is 5.69. The van der Waals surface area contributed by atoms with E-state index in [4.69, 9.17) is 4.74 Å². The van der Waals surface area contributed by atoms with Crippen molar-refractivity contribution in [3.63, 3.8) is 0 Å². The Morgan fingerprint density at radius 1 is 1.00 bits per heavy atom. The quantitative estimate of drug-likeness (QED) is 0.376. The zero-order chi connectivity index (χ0) is 33.7. The molecule has 2 aromatic rings. The minimum absolute atomic E-state index is 0.163. The average Bonchev–Trinajstić information content (AvgIpc) is 3.57. The third-order valence-electron chi connectivity index (χ3n) is 9.29. The van der Waals surface area contributed by atoms with Gasteiger partial charge in [0.15, 0.2) is 6.61 Å². The summed E-state index contributed by atoms with van der Waals surface area (Å²) in [7, 11) is 0. The van der Waals surface area contributed by atoms with Crippen molar-refractivity contribution in [2.45, 2.75) is 82.6 Å². The van der Waals surface area contributed by atoms with E-state index in [2.05, 4.69) is 20.9 Å². The zero-order valence-corrected chi connectivity index (χ0v) is 27.1. The number of carbonyl (C=O) groups is 5. The van der Waals surface area contributed by atoms with E-state index in [0.29, 0.717) is 43.5 Å². The number of rotatable bonds is 3. The minimum Gasteiger partial charge on any atom is -0.484 e. The molecule has 252 valence electrons. The maximum atomic E-state index is 13.9. The fraction of sp³-hybridized carbons (Fsp3) is 0.529. The monoisotopic (exact) mass is 648 g/mol. The Morgan fingerprint density at radius 3 is 2.38 bits per heavy atom. The van der Waals surface area contributed by atoms with Gasteiger partial charge in [-0.3, -0.25) is 29.0 Å². The Labute approximate surface area is 274 Å². The molecule has 47 heavy (non-hydrogen) atoms. The van der Waals surface area contributed by atoms with Crippen molar-refractivity contribution in [2.75, 3.05) is 26.2 Å². The Bertz CT molecular complexity index is 1460. The van der Waals surface area contributed by atoms with Gasteiger partial charge in [0.25, 0.3) is 5.91 Å². The second-order valence-electron chi connectivity index (χ2n) is 13.0. The third-order valence-corrected chi connectivity index (χ3v) is 9.29. The van der Waals surface area contributed by atoms with Crippen molar-refractivity contribution in [3.05, 3.63) is 59.9 Å². The normalized spacial score (nSPS) is 25.9. The third kappa shape index (κ3) is 7.90. The van der Waals surface area contributed by atoms with Crippen LogP contribution in [-0.4, -0.2) is 99.8 Å². The van der Waals surface area contributed by atoms with Gasteiger partial charge in [0, 0.05) is 44.0 Å². The first-order valence-corrected chi connectivity index (χ1v) is 16.3. The maximum absolute atomic E-state index is 13.9. The van der Waals surface area contributed by atoms with Crippen molar-refractivity contribution < 1.29 is 33.8 Å². The molecule has 2 saturated heterocycles. The summed E-state index contributed by atoms with van der Waals surface area (Å²) >= 11 is 0. The lowest BCUT2D eigenvalue weighted by Crippen LogP contribution is -2.59. The van der Waals surface area contributed by atoms with Crippen LogP contribution in [0, 0.1) is 5.92 Å². The predicted molar refractivity (Wildman–Crippen MR) is 171 cm³/mol. The molecule has 6 rings (SSSR count). The number of pyridine rings is 1. The van der Waals surface area contributed by atoms with Crippen molar-refractivity contribution in [1.82, 2.24) is 30.7 Å². The molecule has 0 unspecified atom stereocenters. The molecule has 1 aromatic carbocycles. The number of hydrogen-bond acceptors (Lipinski definition) is 8. The van der Waals surface area contributed by atoms with E-state index in [1.807, 2.05) is 19.9 Å². The van der Waals surface area contributed by atoms with Crippen molar-refractivity contribution >= 4 is 29.5 Å². The van der Waals surface area contributed by atoms with Crippen molar-refractivity contribution in [1.29, 1.82) is 0 Å². The van der Waals surface area contributed by atoms with Crippen LogP contribution >= 0.6 is 0 Å². The molecule has 4 aliphatic heterocycles. The van der Waals surface area contributed by atoms with Crippen LogP contribution < -0.4 is 20.7 Å². The molecule has 0 spiro atoms. The van der Waals surface area contributed by atoms with Crippen LogP contribution in [0.2, 0.25) is 0 Å². The summed E-state index contributed by atoms with van der Waals surface area (Å²) in [6, 6.07) is 6.84. The Hall–Kier alpha value is -4.52. The van der Waals surface area contributed by atoms with Crippen molar-refractivity contribution in [3.8, 4) is 5.75 Å². The number of ether oxygens (including phenoxy) is 1. The van der Waals surface area contributed by atoms with Gasteiger partial charge >= 0.3 is 0 Å². The number of likely N-dealkylation sites (tertiary alicyclic amines) is 1. The molecular formula is C34H44N6O7. The number of benzene rings is 1. The Kier molecular flexibility index (Phi) is 10.4. The lowest BCUT2D eigenvalue weighted by molar-refractivity contribution is -0.143. The van der Waals surface area contributed by atoms with Gasteiger partial charge in [-0.1, -0.05) is 32.0 Å². The lowest BCUT2D eigenvalue weighted by Gasteiger charge is -2.39. The number of nitrogens with one attached hydrogen (secondary N) is 3. The highest BCUT2D eigenvalue weighted by Crippen LogP contribution is 2.32. The number of amides is 5. The van der Waals surface area contributed by atoms with E-state index in [9.17, 15) is 29.1 Å². The molecule has 4 atom stereocenters. The molecule has 13 heteroatoms. The number of aliphatic hydroxyl groups is 1. The van der Waals surface area contributed by atoms with E-state index in [-0.39, 0.29) is 43.8 Å². The highest BCUT2D eigenvalue weighted by atomic mass is 16.5. The summed E-state index contributed by atoms with van der Waals surface area (Å²) in [5.41, 5.74) is 0.325. The highest BCUT2D eigenvalue weighted by Gasteiger charge is 2.41. The molecule has 4 N–H and O–H groups in total. The van der Waals surface area contributed by atoms with Gasteiger partial charge in [0.05, 0.1) is 5.60 Å². The molecule has 0 radical (unpaired) electrons. The Balaban J connectivity index is 1.36. The molecule has 0 saturated carbocycles. The van der Waals surface area contributed by atoms with Crippen molar-refractivity contribution in [2.24, 2.45) is 5.92 Å². The van der Waals surface area contributed by atoms with Crippen LogP contribution in [0.1, 0.15) is 57.6 Å². The summed E-state index contributed by atoms with van der Waals surface area (Å²) in [5.74, 6) is -1.97. The van der Waals surface area contributed by atoms with Crippen LogP contribution in [0.4, 0.5) is 0 Å². The molecule has 13 nitrogen and oxygen atoms in total. The predicted octanol–water partition coefficient (Wildman–Crippen LogP) is 0.648. The lowest BCUT2D eigenvalue weighted by atomic mass is 9.85. The fourth-order valence-electron chi connectivity index (χ4n) is 6.43. The number of carbonyl (C=O) groups excluding carboxylic acids is 5. The molecule has 5 amide bonds. The number of piperidine rings is 1. The summed E-state index contributed by atoms with van der Waals surface area (Å²) in [4.78, 5) is 74.4. The van der Waals surface area contributed by atoms with E-state index in [1.165, 1.54) is 11.8 Å². The first kappa shape index (κ1) is 33.8.